The number of rotatable bonds is 1. The molecule has 0 spiro atoms. The van der Waals surface area contributed by atoms with Gasteiger partial charge in [0.25, 0.3) is 0 Å². The first kappa shape index (κ1) is 12.0. The zero-order valence-corrected chi connectivity index (χ0v) is 11.8. The molecule has 0 bridgehead atoms. The number of allylic oxidation sites excluding steroid dienone is 5. The van der Waals surface area contributed by atoms with E-state index in [1.54, 1.807) is 0 Å². The molecule has 0 amide bonds. The Labute approximate surface area is 114 Å². The van der Waals surface area contributed by atoms with Gasteiger partial charge in [0, 0.05) is 29.9 Å². The van der Waals surface area contributed by atoms with Crippen molar-refractivity contribution in [2.24, 2.45) is 7.05 Å². The summed E-state index contributed by atoms with van der Waals surface area (Å²) in [4.78, 5) is 0. The van der Waals surface area contributed by atoms with Crippen LogP contribution in [0.2, 0.25) is 0 Å². The Morgan fingerprint density at radius 1 is 1.32 bits per heavy atom. The quantitative estimate of drug-likeness (QED) is 0.698. The Kier molecular flexibility index (Phi) is 2.70. The monoisotopic (exact) mass is 249 g/mol. The fourth-order valence-corrected chi connectivity index (χ4v) is 3.16. The third-order valence-electron chi connectivity index (χ3n) is 4.06. The summed E-state index contributed by atoms with van der Waals surface area (Å²) in [5.41, 5.74) is 8.19. The Morgan fingerprint density at radius 3 is 2.79 bits per heavy atom. The van der Waals surface area contributed by atoms with Crippen molar-refractivity contribution >= 4 is 16.5 Å². The van der Waals surface area contributed by atoms with Crippen LogP contribution in [0.5, 0.6) is 0 Å². The average Bonchev–Trinajstić information content (AvgIpc) is 2.88. The second kappa shape index (κ2) is 4.27. The lowest BCUT2D eigenvalue weighted by Crippen LogP contribution is -1.94. The molecule has 0 radical (unpaired) electrons. The van der Waals surface area contributed by atoms with E-state index in [1.165, 1.54) is 38.9 Å². The normalized spacial score (nSPS) is 18.5. The maximum atomic E-state index is 3.85. The summed E-state index contributed by atoms with van der Waals surface area (Å²) in [5, 5.41) is 1.39. The van der Waals surface area contributed by atoms with Crippen molar-refractivity contribution in [3.8, 4) is 0 Å². The van der Waals surface area contributed by atoms with Crippen molar-refractivity contribution in [3.63, 3.8) is 0 Å². The van der Waals surface area contributed by atoms with Gasteiger partial charge >= 0.3 is 0 Å². The van der Waals surface area contributed by atoms with E-state index in [0.29, 0.717) is 0 Å². The van der Waals surface area contributed by atoms with Gasteiger partial charge in [-0.25, -0.2) is 0 Å². The number of benzene rings is 1. The first-order valence-electron chi connectivity index (χ1n) is 6.74. The summed E-state index contributed by atoms with van der Waals surface area (Å²) in [5.74, 6) is 0. The molecule has 1 aromatic heterocycles. The van der Waals surface area contributed by atoms with Gasteiger partial charge in [0.05, 0.1) is 5.69 Å². The SMILES string of the molecule is C=CC=C1/C(=C\C)Cc2c1n(C)c1ccc(C)cc21. The van der Waals surface area contributed by atoms with Crippen molar-refractivity contribution in [1.29, 1.82) is 0 Å². The minimum Gasteiger partial charge on any atom is -0.343 e. The highest BCUT2D eigenvalue weighted by molar-refractivity contribution is 5.98. The van der Waals surface area contributed by atoms with Crippen LogP contribution in [0.15, 0.2) is 48.6 Å². The highest BCUT2D eigenvalue weighted by Crippen LogP contribution is 2.42. The topological polar surface area (TPSA) is 4.93 Å². The standard InChI is InChI=1S/C18H19N/c1-5-7-14-13(6-2)11-16-15-10-12(3)8-9-17(15)19(4)18(14)16/h5-10H,1,11H2,2-4H3/b13-6-,14-7?. The maximum absolute atomic E-state index is 3.85. The van der Waals surface area contributed by atoms with Crippen LogP contribution in [-0.4, -0.2) is 4.57 Å². The number of nitrogens with zero attached hydrogens (tertiary/aromatic N) is 1. The van der Waals surface area contributed by atoms with Gasteiger partial charge in [0.2, 0.25) is 0 Å². The number of aromatic nitrogens is 1. The molecule has 1 aliphatic rings. The van der Waals surface area contributed by atoms with Crippen molar-refractivity contribution in [2.45, 2.75) is 20.3 Å². The van der Waals surface area contributed by atoms with Crippen molar-refractivity contribution in [3.05, 3.63) is 65.4 Å². The molecule has 0 N–H and O–H groups in total. The van der Waals surface area contributed by atoms with Gasteiger partial charge in [0.1, 0.15) is 0 Å². The lowest BCUT2D eigenvalue weighted by atomic mass is 10.1. The fraction of sp³-hybridized carbons (Fsp3) is 0.222. The molecule has 96 valence electrons. The molecular weight excluding hydrogens is 230 g/mol. The number of hydrogen-bond donors (Lipinski definition) is 0. The molecule has 0 saturated carbocycles. The molecule has 3 rings (SSSR count). The van der Waals surface area contributed by atoms with E-state index in [4.69, 9.17) is 0 Å². The lowest BCUT2D eigenvalue weighted by molar-refractivity contribution is 0.948. The largest absolute Gasteiger partial charge is 0.343 e. The third-order valence-corrected chi connectivity index (χ3v) is 4.06. The molecule has 1 aliphatic carbocycles. The Bertz CT molecular complexity index is 739. The second-order valence-electron chi connectivity index (χ2n) is 5.21. The first-order chi connectivity index (χ1) is 9.17. The summed E-state index contributed by atoms with van der Waals surface area (Å²) in [7, 11) is 2.16. The van der Waals surface area contributed by atoms with Gasteiger partial charge in [0.15, 0.2) is 0 Å². The van der Waals surface area contributed by atoms with E-state index in [-0.39, 0.29) is 0 Å². The highest BCUT2D eigenvalue weighted by Gasteiger charge is 2.26. The molecule has 1 heteroatoms. The summed E-state index contributed by atoms with van der Waals surface area (Å²) >= 11 is 0. The second-order valence-corrected chi connectivity index (χ2v) is 5.21. The van der Waals surface area contributed by atoms with Crippen LogP contribution in [0, 0.1) is 6.92 Å². The van der Waals surface area contributed by atoms with Crippen LogP contribution in [-0.2, 0) is 13.5 Å². The predicted molar refractivity (Wildman–Crippen MR) is 83.3 cm³/mol. The van der Waals surface area contributed by atoms with Gasteiger partial charge in [-0.15, -0.1) is 0 Å². The van der Waals surface area contributed by atoms with Gasteiger partial charge in [-0.1, -0.05) is 36.4 Å². The molecular formula is C18H19N. The molecule has 0 atom stereocenters. The number of hydrogen-bond acceptors (Lipinski definition) is 0. The van der Waals surface area contributed by atoms with Crippen LogP contribution in [0.3, 0.4) is 0 Å². The van der Waals surface area contributed by atoms with Crippen LogP contribution < -0.4 is 0 Å². The van der Waals surface area contributed by atoms with Gasteiger partial charge < -0.3 is 4.57 Å². The van der Waals surface area contributed by atoms with Gasteiger partial charge in [-0.2, -0.15) is 0 Å². The molecule has 0 saturated heterocycles. The zero-order chi connectivity index (χ0) is 13.6. The summed E-state index contributed by atoms with van der Waals surface area (Å²) < 4.78 is 2.32. The molecule has 1 heterocycles. The number of fused-ring (bicyclic) bond motifs is 3. The van der Waals surface area contributed by atoms with Crippen LogP contribution in [0.1, 0.15) is 23.7 Å². The van der Waals surface area contributed by atoms with Crippen LogP contribution >= 0.6 is 0 Å². The van der Waals surface area contributed by atoms with E-state index in [9.17, 15) is 0 Å². The van der Waals surface area contributed by atoms with E-state index in [0.717, 1.165) is 6.42 Å². The minimum atomic E-state index is 1.03. The highest BCUT2D eigenvalue weighted by atomic mass is 15.0. The van der Waals surface area contributed by atoms with E-state index in [1.807, 2.05) is 6.08 Å². The Morgan fingerprint density at radius 2 is 2.11 bits per heavy atom. The molecule has 19 heavy (non-hydrogen) atoms. The molecule has 2 aromatic rings. The van der Waals surface area contributed by atoms with E-state index in [2.05, 4.69) is 62.4 Å². The van der Waals surface area contributed by atoms with Crippen LogP contribution in [0.4, 0.5) is 0 Å². The smallest absolute Gasteiger partial charge is 0.0527 e. The Hall–Kier alpha value is -2.02. The minimum absolute atomic E-state index is 1.03. The van der Waals surface area contributed by atoms with Crippen molar-refractivity contribution < 1.29 is 0 Å². The van der Waals surface area contributed by atoms with Crippen molar-refractivity contribution in [2.75, 3.05) is 0 Å². The van der Waals surface area contributed by atoms with Crippen LogP contribution in [0.25, 0.3) is 16.5 Å². The summed E-state index contributed by atoms with van der Waals surface area (Å²) in [6.45, 7) is 8.12. The Balaban J connectivity index is 2.39. The van der Waals surface area contributed by atoms with E-state index >= 15 is 0 Å². The van der Waals surface area contributed by atoms with Gasteiger partial charge in [-0.05, 0) is 37.1 Å². The summed E-state index contributed by atoms with van der Waals surface area (Å²) in [6, 6.07) is 6.72. The maximum Gasteiger partial charge on any atom is 0.0527 e. The number of aryl methyl sites for hydroxylation is 2. The molecule has 0 aliphatic heterocycles. The molecule has 1 aromatic carbocycles. The fourth-order valence-electron chi connectivity index (χ4n) is 3.16. The molecule has 0 fully saturated rings. The predicted octanol–water partition coefficient (Wildman–Crippen LogP) is 4.56. The lowest BCUT2D eigenvalue weighted by Gasteiger charge is -2.06. The average molecular weight is 249 g/mol. The third kappa shape index (κ3) is 1.61. The zero-order valence-electron chi connectivity index (χ0n) is 11.8. The van der Waals surface area contributed by atoms with Gasteiger partial charge in [-0.3, -0.25) is 0 Å². The first-order valence-corrected chi connectivity index (χ1v) is 6.74. The molecule has 0 unspecified atom stereocenters. The van der Waals surface area contributed by atoms with Crippen molar-refractivity contribution in [1.82, 2.24) is 4.57 Å². The molecule has 1 nitrogen and oxygen atoms in total. The van der Waals surface area contributed by atoms with E-state index < -0.39 is 0 Å². The summed E-state index contributed by atoms with van der Waals surface area (Å²) in [6.07, 6.45) is 7.27.